The fourth-order valence-corrected chi connectivity index (χ4v) is 3.70. The number of carbonyl (C=O) groups is 2. The average molecular weight is 369 g/mol. The Balaban J connectivity index is 1.50. The quantitative estimate of drug-likeness (QED) is 0.721. The van der Waals surface area contributed by atoms with Crippen molar-refractivity contribution >= 4 is 33.4 Å². The Morgan fingerprint density at radius 3 is 2.81 bits per heavy atom. The van der Waals surface area contributed by atoms with Crippen LogP contribution in [-0.2, 0) is 13.6 Å². The van der Waals surface area contributed by atoms with Gasteiger partial charge >= 0.3 is 0 Å². The summed E-state index contributed by atoms with van der Waals surface area (Å²) in [6, 6.07) is 5.74. The smallest absolute Gasteiger partial charge is 0.261 e. The average Bonchev–Trinajstić information content (AvgIpc) is 3.23. The Labute approximate surface area is 154 Å². The maximum atomic E-state index is 12.3. The van der Waals surface area contributed by atoms with Crippen LogP contribution in [0.5, 0.6) is 0 Å². The maximum Gasteiger partial charge on any atom is 0.261 e. The first-order valence-electron chi connectivity index (χ1n) is 8.48. The van der Waals surface area contributed by atoms with Gasteiger partial charge in [-0.15, -0.1) is 11.3 Å². The highest BCUT2D eigenvalue weighted by molar-refractivity contribution is 7.20. The Morgan fingerprint density at radius 2 is 2.12 bits per heavy atom. The second kappa shape index (κ2) is 6.53. The highest BCUT2D eigenvalue weighted by atomic mass is 32.1. The zero-order valence-electron chi connectivity index (χ0n) is 14.6. The van der Waals surface area contributed by atoms with Gasteiger partial charge in [0, 0.05) is 30.4 Å². The summed E-state index contributed by atoms with van der Waals surface area (Å²) in [6.45, 7) is 2.17. The number of fused-ring (bicyclic) bond motifs is 1. The molecule has 0 unspecified atom stereocenters. The van der Waals surface area contributed by atoms with Crippen molar-refractivity contribution in [3.8, 4) is 0 Å². The molecule has 4 rings (SSSR count). The predicted molar refractivity (Wildman–Crippen MR) is 99.2 cm³/mol. The van der Waals surface area contributed by atoms with E-state index >= 15 is 0 Å². The van der Waals surface area contributed by atoms with Crippen molar-refractivity contribution in [2.75, 3.05) is 0 Å². The van der Waals surface area contributed by atoms with E-state index in [2.05, 4.69) is 20.7 Å². The van der Waals surface area contributed by atoms with Crippen LogP contribution in [0.3, 0.4) is 0 Å². The van der Waals surface area contributed by atoms with Crippen molar-refractivity contribution in [2.24, 2.45) is 7.05 Å². The van der Waals surface area contributed by atoms with Gasteiger partial charge in [0.1, 0.15) is 4.83 Å². The van der Waals surface area contributed by atoms with E-state index in [1.54, 1.807) is 23.0 Å². The molecule has 8 heteroatoms. The first kappa shape index (κ1) is 16.7. The van der Waals surface area contributed by atoms with Crippen LogP contribution in [0.15, 0.2) is 24.4 Å². The topological polar surface area (TPSA) is 88.9 Å². The van der Waals surface area contributed by atoms with Gasteiger partial charge < -0.3 is 10.6 Å². The van der Waals surface area contributed by atoms with Crippen LogP contribution < -0.4 is 10.6 Å². The van der Waals surface area contributed by atoms with E-state index < -0.39 is 0 Å². The molecule has 0 saturated heterocycles. The van der Waals surface area contributed by atoms with Gasteiger partial charge in [-0.3, -0.25) is 19.3 Å². The number of amides is 2. The maximum absolute atomic E-state index is 12.3. The van der Waals surface area contributed by atoms with E-state index in [-0.39, 0.29) is 11.8 Å². The molecule has 0 aliphatic heterocycles. The zero-order chi connectivity index (χ0) is 18.3. The van der Waals surface area contributed by atoms with Crippen molar-refractivity contribution in [3.05, 3.63) is 46.2 Å². The highest BCUT2D eigenvalue weighted by Crippen LogP contribution is 2.29. The number of nitrogens with zero attached hydrogens (tertiary/aromatic N) is 3. The van der Waals surface area contributed by atoms with E-state index in [1.165, 1.54) is 11.3 Å². The third-order valence-corrected chi connectivity index (χ3v) is 5.51. The molecule has 2 amide bonds. The molecule has 1 saturated carbocycles. The summed E-state index contributed by atoms with van der Waals surface area (Å²) in [5.41, 5.74) is 2.12. The third-order valence-electron chi connectivity index (χ3n) is 4.31. The number of rotatable bonds is 5. The molecule has 3 heterocycles. The summed E-state index contributed by atoms with van der Waals surface area (Å²) < 4.78 is 1.75. The Morgan fingerprint density at radius 1 is 1.31 bits per heavy atom. The van der Waals surface area contributed by atoms with Gasteiger partial charge in [-0.05, 0) is 38.0 Å². The van der Waals surface area contributed by atoms with Crippen LogP contribution in [0.1, 0.15) is 44.3 Å². The van der Waals surface area contributed by atoms with Crippen LogP contribution in [0.25, 0.3) is 10.2 Å². The lowest BCUT2D eigenvalue weighted by atomic mass is 10.2. The minimum atomic E-state index is -0.196. The molecule has 3 aromatic rings. The van der Waals surface area contributed by atoms with Gasteiger partial charge in [0.05, 0.1) is 22.7 Å². The summed E-state index contributed by atoms with van der Waals surface area (Å²) in [4.78, 5) is 30.3. The zero-order valence-corrected chi connectivity index (χ0v) is 15.4. The molecule has 1 fully saturated rings. The largest absolute Gasteiger partial charge is 0.349 e. The van der Waals surface area contributed by atoms with E-state index in [0.717, 1.165) is 34.4 Å². The van der Waals surface area contributed by atoms with Crippen LogP contribution in [0.4, 0.5) is 0 Å². The fraction of sp³-hybridized carbons (Fsp3) is 0.333. The molecule has 0 radical (unpaired) electrons. The van der Waals surface area contributed by atoms with Crippen molar-refractivity contribution < 1.29 is 9.59 Å². The minimum absolute atomic E-state index is 0.0329. The van der Waals surface area contributed by atoms with Crippen molar-refractivity contribution in [3.63, 3.8) is 0 Å². The molecule has 1 aliphatic rings. The lowest BCUT2D eigenvalue weighted by molar-refractivity contribution is 0.0943. The number of aromatic nitrogens is 3. The number of thiophene rings is 1. The number of carbonyl (C=O) groups excluding carboxylic acids is 2. The second-order valence-corrected chi connectivity index (χ2v) is 7.55. The summed E-state index contributed by atoms with van der Waals surface area (Å²) in [6.07, 6.45) is 3.68. The number of hydrogen-bond acceptors (Lipinski definition) is 5. The summed E-state index contributed by atoms with van der Waals surface area (Å²) in [7, 11) is 1.84. The van der Waals surface area contributed by atoms with Crippen LogP contribution in [0.2, 0.25) is 0 Å². The van der Waals surface area contributed by atoms with Crippen molar-refractivity contribution in [2.45, 2.75) is 32.4 Å². The van der Waals surface area contributed by atoms with Gasteiger partial charge in [0.15, 0.2) is 0 Å². The van der Waals surface area contributed by atoms with Gasteiger partial charge in [-0.25, -0.2) is 0 Å². The number of nitrogens with one attached hydrogen (secondary N) is 2. The Bertz CT molecular complexity index is 985. The highest BCUT2D eigenvalue weighted by Gasteiger charge is 2.25. The van der Waals surface area contributed by atoms with Crippen molar-refractivity contribution in [1.82, 2.24) is 25.4 Å². The van der Waals surface area contributed by atoms with Gasteiger partial charge in [-0.2, -0.15) is 5.10 Å². The molecule has 0 bridgehead atoms. The molecule has 26 heavy (non-hydrogen) atoms. The van der Waals surface area contributed by atoms with Gasteiger partial charge in [0.25, 0.3) is 11.8 Å². The lowest BCUT2D eigenvalue weighted by Gasteiger charge is -2.03. The van der Waals surface area contributed by atoms with Crippen LogP contribution in [-0.4, -0.2) is 32.6 Å². The fourth-order valence-electron chi connectivity index (χ4n) is 2.70. The van der Waals surface area contributed by atoms with Gasteiger partial charge in [0.2, 0.25) is 0 Å². The van der Waals surface area contributed by atoms with Crippen LogP contribution >= 0.6 is 11.3 Å². The summed E-state index contributed by atoms with van der Waals surface area (Å²) in [5.74, 6) is -0.229. The number of aryl methyl sites for hydroxylation is 2. The lowest BCUT2D eigenvalue weighted by Crippen LogP contribution is -2.24. The standard InChI is InChI=1S/C18H19N5O2S/c1-10-3-4-11(8-19-10)16(24)20-9-14-13-7-15(17(25)21-12-5-6-12)26-18(13)23(2)22-14/h3-4,7-8,12H,5-6,9H2,1-2H3,(H,20,24)(H,21,25). The molecular formula is C18H19N5O2S. The Kier molecular flexibility index (Phi) is 4.20. The first-order chi connectivity index (χ1) is 12.5. The molecule has 1 aliphatic carbocycles. The first-order valence-corrected chi connectivity index (χ1v) is 9.30. The molecule has 0 spiro atoms. The van der Waals surface area contributed by atoms with Crippen LogP contribution in [0, 0.1) is 6.92 Å². The van der Waals surface area contributed by atoms with E-state index in [1.807, 2.05) is 20.0 Å². The van der Waals surface area contributed by atoms with E-state index in [9.17, 15) is 9.59 Å². The molecule has 0 aromatic carbocycles. The van der Waals surface area contributed by atoms with E-state index in [0.29, 0.717) is 23.0 Å². The molecule has 134 valence electrons. The molecule has 0 atom stereocenters. The summed E-state index contributed by atoms with van der Waals surface area (Å²) in [5, 5.41) is 11.2. The molecule has 7 nitrogen and oxygen atoms in total. The molecule has 3 aromatic heterocycles. The van der Waals surface area contributed by atoms with Gasteiger partial charge in [-0.1, -0.05) is 0 Å². The van der Waals surface area contributed by atoms with E-state index in [4.69, 9.17) is 0 Å². The normalized spacial score (nSPS) is 13.8. The number of pyridine rings is 1. The third kappa shape index (κ3) is 3.32. The molecule has 2 N–H and O–H groups in total. The summed E-state index contributed by atoms with van der Waals surface area (Å²) >= 11 is 1.42. The second-order valence-electron chi connectivity index (χ2n) is 6.52. The molecular weight excluding hydrogens is 350 g/mol. The monoisotopic (exact) mass is 369 g/mol. The Hall–Kier alpha value is -2.74. The van der Waals surface area contributed by atoms with Crippen molar-refractivity contribution in [1.29, 1.82) is 0 Å². The minimum Gasteiger partial charge on any atom is -0.349 e. The number of hydrogen-bond donors (Lipinski definition) is 2. The SMILES string of the molecule is Cc1ccc(C(=O)NCc2nn(C)c3sc(C(=O)NC4CC4)cc23)cn1. The predicted octanol–water partition coefficient (Wildman–Crippen LogP) is 2.16.